The molecule has 0 radical (unpaired) electrons. The van der Waals surface area contributed by atoms with Gasteiger partial charge in [0, 0.05) is 12.5 Å². The van der Waals surface area contributed by atoms with Crippen molar-refractivity contribution in [1.29, 1.82) is 0 Å². The molecular weight excluding hydrogens is 296 g/mol. The van der Waals surface area contributed by atoms with Crippen molar-refractivity contribution in [2.24, 2.45) is 5.92 Å². The van der Waals surface area contributed by atoms with Gasteiger partial charge < -0.3 is 14.6 Å². The van der Waals surface area contributed by atoms with Gasteiger partial charge in [0.15, 0.2) is 11.5 Å². The van der Waals surface area contributed by atoms with Crippen molar-refractivity contribution in [1.82, 2.24) is 0 Å². The van der Waals surface area contributed by atoms with E-state index in [4.69, 9.17) is 9.47 Å². The third-order valence-electron chi connectivity index (χ3n) is 3.25. The predicted molar refractivity (Wildman–Crippen MR) is 74.4 cm³/mol. The minimum absolute atomic E-state index is 0.0930. The lowest BCUT2D eigenvalue weighted by Gasteiger charge is -2.16. The average molecular weight is 315 g/mol. The van der Waals surface area contributed by atoms with Gasteiger partial charge in [-0.25, -0.2) is 0 Å². The topological polar surface area (TPSA) is 38.7 Å². The summed E-state index contributed by atoms with van der Waals surface area (Å²) in [5, 5.41) is 9.24. The first-order valence-electron chi connectivity index (χ1n) is 6.26. The molecule has 1 aromatic rings. The maximum atomic E-state index is 9.24. The summed E-state index contributed by atoms with van der Waals surface area (Å²) in [5.41, 5.74) is 1.05. The standard InChI is InChI=1S/C14H19BrO3/c1-9(7-16)11-5-12(15)14(17-2)13(6-11)18-8-10-3-4-10/h5-6,9-10,16H,3-4,7-8H2,1-2H3. The van der Waals surface area contributed by atoms with Crippen LogP contribution >= 0.6 is 15.9 Å². The lowest BCUT2D eigenvalue weighted by atomic mass is 10.0. The second-order valence-corrected chi connectivity index (χ2v) is 5.73. The molecule has 0 aromatic heterocycles. The molecule has 2 rings (SSSR count). The fourth-order valence-electron chi connectivity index (χ4n) is 1.78. The van der Waals surface area contributed by atoms with Crippen LogP contribution in [0.2, 0.25) is 0 Å². The molecule has 0 spiro atoms. The summed E-state index contributed by atoms with van der Waals surface area (Å²) in [7, 11) is 1.64. The van der Waals surface area contributed by atoms with E-state index in [1.54, 1.807) is 7.11 Å². The largest absolute Gasteiger partial charge is 0.492 e. The molecule has 100 valence electrons. The van der Waals surface area contributed by atoms with E-state index >= 15 is 0 Å². The zero-order chi connectivity index (χ0) is 13.1. The van der Waals surface area contributed by atoms with Crippen LogP contribution in [0.5, 0.6) is 11.5 Å². The highest BCUT2D eigenvalue weighted by atomic mass is 79.9. The van der Waals surface area contributed by atoms with E-state index in [1.165, 1.54) is 12.8 Å². The Morgan fingerprint density at radius 3 is 2.72 bits per heavy atom. The van der Waals surface area contributed by atoms with E-state index in [1.807, 2.05) is 19.1 Å². The Balaban J connectivity index is 2.23. The molecule has 1 aliphatic rings. The van der Waals surface area contributed by atoms with Gasteiger partial charge in [-0.05, 0) is 52.4 Å². The summed E-state index contributed by atoms with van der Waals surface area (Å²) in [6, 6.07) is 3.94. The second-order valence-electron chi connectivity index (χ2n) is 4.87. The molecule has 1 fully saturated rings. The number of hydrogen-bond acceptors (Lipinski definition) is 3. The van der Waals surface area contributed by atoms with Crippen molar-refractivity contribution in [3.8, 4) is 11.5 Å². The number of hydrogen-bond donors (Lipinski definition) is 1. The third-order valence-corrected chi connectivity index (χ3v) is 3.84. The number of ether oxygens (including phenoxy) is 2. The van der Waals surface area contributed by atoms with Crippen LogP contribution in [0.25, 0.3) is 0 Å². The van der Waals surface area contributed by atoms with Crippen molar-refractivity contribution in [2.45, 2.75) is 25.7 Å². The number of rotatable bonds is 6. The van der Waals surface area contributed by atoms with Crippen LogP contribution in [0.1, 0.15) is 31.2 Å². The van der Waals surface area contributed by atoms with Crippen LogP contribution in [0.3, 0.4) is 0 Å². The molecule has 1 aromatic carbocycles. The van der Waals surface area contributed by atoms with Gasteiger partial charge in [0.2, 0.25) is 0 Å². The molecule has 0 bridgehead atoms. The average Bonchev–Trinajstić information content (AvgIpc) is 3.18. The number of halogens is 1. The molecule has 1 atom stereocenters. The summed E-state index contributed by atoms with van der Waals surface area (Å²) >= 11 is 3.49. The highest BCUT2D eigenvalue weighted by Gasteiger charge is 2.23. The normalized spacial score (nSPS) is 16.4. The van der Waals surface area contributed by atoms with Gasteiger partial charge in [-0.2, -0.15) is 0 Å². The quantitative estimate of drug-likeness (QED) is 0.875. The minimum atomic E-state index is 0.0930. The Labute approximate surface area is 116 Å². The van der Waals surface area contributed by atoms with Crippen LogP contribution in [-0.4, -0.2) is 25.4 Å². The zero-order valence-electron chi connectivity index (χ0n) is 10.8. The minimum Gasteiger partial charge on any atom is -0.492 e. The number of aliphatic hydroxyl groups excluding tert-OH is 1. The maximum absolute atomic E-state index is 9.24. The van der Waals surface area contributed by atoms with E-state index in [-0.39, 0.29) is 12.5 Å². The van der Waals surface area contributed by atoms with Gasteiger partial charge in [0.25, 0.3) is 0 Å². The van der Waals surface area contributed by atoms with E-state index in [9.17, 15) is 5.11 Å². The first kappa shape index (κ1) is 13.7. The summed E-state index contributed by atoms with van der Waals surface area (Å²) in [4.78, 5) is 0. The lowest BCUT2D eigenvalue weighted by molar-refractivity contribution is 0.268. The maximum Gasteiger partial charge on any atom is 0.174 e. The van der Waals surface area contributed by atoms with E-state index < -0.39 is 0 Å². The zero-order valence-corrected chi connectivity index (χ0v) is 12.4. The molecule has 0 amide bonds. The fraction of sp³-hybridized carbons (Fsp3) is 0.571. The van der Waals surface area contributed by atoms with Crippen molar-refractivity contribution in [3.05, 3.63) is 22.2 Å². The SMILES string of the molecule is COc1c(Br)cc(C(C)CO)cc1OCC1CC1. The van der Waals surface area contributed by atoms with E-state index in [0.29, 0.717) is 5.92 Å². The summed E-state index contributed by atoms with van der Waals surface area (Å²) < 4.78 is 12.1. The van der Waals surface area contributed by atoms with E-state index in [0.717, 1.165) is 28.1 Å². The first-order chi connectivity index (χ1) is 8.65. The Hall–Kier alpha value is -0.740. The van der Waals surface area contributed by atoms with Gasteiger partial charge in [-0.15, -0.1) is 0 Å². The van der Waals surface area contributed by atoms with Crippen LogP contribution in [-0.2, 0) is 0 Å². The summed E-state index contributed by atoms with van der Waals surface area (Å²) in [6.07, 6.45) is 2.52. The molecule has 4 heteroatoms. The Kier molecular flexibility index (Phi) is 4.51. The highest BCUT2D eigenvalue weighted by Crippen LogP contribution is 2.39. The number of aliphatic hydroxyl groups is 1. The van der Waals surface area contributed by atoms with Crippen molar-refractivity contribution < 1.29 is 14.6 Å². The monoisotopic (exact) mass is 314 g/mol. The smallest absolute Gasteiger partial charge is 0.174 e. The van der Waals surface area contributed by atoms with Gasteiger partial charge in [0.1, 0.15) is 0 Å². The van der Waals surface area contributed by atoms with Crippen LogP contribution in [0, 0.1) is 5.92 Å². The second kappa shape index (κ2) is 5.93. The van der Waals surface area contributed by atoms with E-state index in [2.05, 4.69) is 15.9 Å². The lowest BCUT2D eigenvalue weighted by Crippen LogP contribution is -2.04. The molecule has 1 aliphatic carbocycles. The molecule has 1 unspecified atom stereocenters. The van der Waals surface area contributed by atoms with Gasteiger partial charge in [-0.3, -0.25) is 0 Å². The van der Waals surface area contributed by atoms with Gasteiger partial charge >= 0.3 is 0 Å². The Bertz CT molecular complexity index is 416. The van der Waals surface area contributed by atoms with Crippen LogP contribution in [0.4, 0.5) is 0 Å². The highest BCUT2D eigenvalue weighted by molar-refractivity contribution is 9.10. The molecule has 1 saturated carbocycles. The molecule has 0 aliphatic heterocycles. The van der Waals surface area contributed by atoms with Crippen LogP contribution < -0.4 is 9.47 Å². The molecule has 3 nitrogen and oxygen atoms in total. The van der Waals surface area contributed by atoms with Gasteiger partial charge in [0.05, 0.1) is 18.2 Å². The van der Waals surface area contributed by atoms with Crippen molar-refractivity contribution in [3.63, 3.8) is 0 Å². The number of benzene rings is 1. The molecule has 1 N–H and O–H groups in total. The third kappa shape index (κ3) is 3.18. The Morgan fingerprint density at radius 2 is 2.17 bits per heavy atom. The van der Waals surface area contributed by atoms with Crippen LogP contribution in [0.15, 0.2) is 16.6 Å². The number of methoxy groups -OCH3 is 1. The van der Waals surface area contributed by atoms with Crippen molar-refractivity contribution in [2.75, 3.05) is 20.3 Å². The van der Waals surface area contributed by atoms with Gasteiger partial charge in [-0.1, -0.05) is 6.92 Å². The predicted octanol–water partition coefficient (Wildman–Crippen LogP) is 3.34. The molecule has 18 heavy (non-hydrogen) atoms. The Morgan fingerprint density at radius 1 is 1.44 bits per heavy atom. The summed E-state index contributed by atoms with van der Waals surface area (Å²) in [6.45, 7) is 2.86. The molecule has 0 saturated heterocycles. The first-order valence-corrected chi connectivity index (χ1v) is 7.06. The molecule has 0 heterocycles. The molecular formula is C14H19BrO3. The summed E-state index contributed by atoms with van der Waals surface area (Å²) in [5.74, 6) is 2.28. The van der Waals surface area contributed by atoms with Crippen molar-refractivity contribution >= 4 is 15.9 Å². The fourth-order valence-corrected chi connectivity index (χ4v) is 2.40.